The summed E-state index contributed by atoms with van der Waals surface area (Å²) in [5.41, 5.74) is 1.06. The van der Waals surface area contributed by atoms with Crippen molar-refractivity contribution in [1.29, 1.82) is 0 Å². The lowest BCUT2D eigenvalue weighted by molar-refractivity contribution is 0.620. The summed E-state index contributed by atoms with van der Waals surface area (Å²) in [7, 11) is 0. The fraction of sp³-hybridized carbons (Fsp3) is 0.333. The second-order valence-electron chi connectivity index (χ2n) is 3.14. The van der Waals surface area contributed by atoms with Crippen molar-refractivity contribution in [3.05, 3.63) is 35.1 Å². The molecule has 0 amide bonds. The molecule has 0 N–H and O–H groups in total. The van der Waals surface area contributed by atoms with Crippen LogP contribution in [0, 0.1) is 17.9 Å². The van der Waals surface area contributed by atoms with Crippen molar-refractivity contribution in [2.45, 2.75) is 26.2 Å². The highest BCUT2D eigenvalue weighted by Gasteiger charge is 2.00. The van der Waals surface area contributed by atoms with Crippen molar-refractivity contribution < 1.29 is 8.78 Å². The first-order chi connectivity index (χ1) is 6.77. The van der Waals surface area contributed by atoms with Crippen molar-refractivity contribution in [3.63, 3.8) is 0 Å². The van der Waals surface area contributed by atoms with E-state index >= 15 is 0 Å². The van der Waals surface area contributed by atoms with Crippen molar-refractivity contribution in [2.75, 3.05) is 0 Å². The molecule has 0 nitrogen and oxygen atoms in total. The van der Waals surface area contributed by atoms with Gasteiger partial charge in [-0.3, -0.25) is 0 Å². The monoisotopic (exact) mass is 194 g/mol. The minimum Gasteiger partial charge on any atom is -0.206 e. The van der Waals surface area contributed by atoms with Gasteiger partial charge in [0.2, 0.25) is 0 Å². The maximum absolute atomic E-state index is 13.2. The summed E-state index contributed by atoms with van der Waals surface area (Å²) in [6, 6.07) is 4.74. The van der Waals surface area contributed by atoms with Gasteiger partial charge in [-0.2, -0.15) is 0 Å². The van der Waals surface area contributed by atoms with Crippen LogP contribution >= 0.6 is 0 Å². The molecule has 0 aromatic heterocycles. The first-order valence-electron chi connectivity index (χ1n) is 4.68. The van der Waals surface area contributed by atoms with E-state index in [9.17, 15) is 8.78 Å². The zero-order valence-corrected chi connectivity index (χ0v) is 8.11. The molecule has 1 aromatic rings. The molecule has 0 saturated heterocycles. The minimum atomic E-state index is -0.441. The number of rotatable bonds is 3. The molecular formula is C12H12F2. The Kier molecular flexibility index (Phi) is 4.12. The van der Waals surface area contributed by atoms with Gasteiger partial charge in [0.1, 0.15) is 12.0 Å². The SMILES string of the molecule is CCCCc1ccc(C#CF)c(F)c1. The Morgan fingerprint density at radius 3 is 2.71 bits per heavy atom. The Morgan fingerprint density at radius 1 is 1.36 bits per heavy atom. The van der Waals surface area contributed by atoms with E-state index in [1.165, 1.54) is 18.3 Å². The smallest absolute Gasteiger partial charge is 0.139 e. The number of unbranched alkanes of at least 4 members (excludes halogenated alkanes) is 1. The van der Waals surface area contributed by atoms with Gasteiger partial charge < -0.3 is 0 Å². The number of aryl methyl sites for hydroxylation is 1. The minimum absolute atomic E-state index is 0.118. The fourth-order valence-electron chi connectivity index (χ4n) is 1.25. The predicted molar refractivity (Wildman–Crippen MR) is 53.0 cm³/mol. The van der Waals surface area contributed by atoms with E-state index in [2.05, 4.69) is 12.8 Å². The van der Waals surface area contributed by atoms with Crippen LogP contribution in [-0.4, -0.2) is 0 Å². The first kappa shape index (κ1) is 10.7. The van der Waals surface area contributed by atoms with E-state index in [1.54, 1.807) is 6.07 Å². The van der Waals surface area contributed by atoms with Crippen molar-refractivity contribution in [1.82, 2.24) is 0 Å². The molecule has 2 heteroatoms. The third-order valence-electron chi connectivity index (χ3n) is 2.03. The standard InChI is InChI=1S/C12H12F2/c1-2-3-4-10-5-6-11(7-8-13)12(14)9-10/h5-6,9H,2-4H2,1H3. The number of halogens is 2. The third kappa shape index (κ3) is 2.85. The largest absolute Gasteiger partial charge is 0.206 e. The van der Waals surface area contributed by atoms with Crippen LogP contribution in [0.4, 0.5) is 8.78 Å². The van der Waals surface area contributed by atoms with Crippen LogP contribution in [0.3, 0.4) is 0 Å². The highest BCUT2D eigenvalue weighted by atomic mass is 19.1. The van der Waals surface area contributed by atoms with E-state index in [0.29, 0.717) is 0 Å². The molecule has 0 radical (unpaired) electrons. The van der Waals surface area contributed by atoms with Gasteiger partial charge in [0.25, 0.3) is 0 Å². The van der Waals surface area contributed by atoms with E-state index < -0.39 is 5.82 Å². The molecule has 1 aromatic carbocycles. The predicted octanol–water partition coefficient (Wildman–Crippen LogP) is 3.45. The summed E-state index contributed by atoms with van der Waals surface area (Å²) in [6.45, 7) is 2.08. The van der Waals surface area contributed by atoms with Gasteiger partial charge in [-0.1, -0.05) is 19.4 Å². The van der Waals surface area contributed by atoms with E-state index in [4.69, 9.17) is 0 Å². The molecular weight excluding hydrogens is 182 g/mol. The van der Waals surface area contributed by atoms with E-state index in [0.717, 1.165) is 24.8 Å². The second kappa shape index (κ2) is 5.39. The quantitative estimate of drug-likeness (QED) is 0.646. The highest BCUT2D eigenvalue weighted by molar-refractivity contribution is 5.36. The molecule has 0 aliphatic carbocycles. The van der Waals surface area contributed by atoms with E-state index in [1.807, 2.05) is 0 Å². The van der Waals surface area contributed by atoms with Crippen LogP contribution in [0.2, 0.25) is 0 Å². The van der Waals surface area contributed by atoms with Crippen molar-refractivity contribution in [2.24, 2.45) is 0 Å². The van der Waals surface area contributed by atoms with E-state index in [-0.39, 0.29) is 5.56 Å². The molecule has 0 aliphatic rings. The molecule has 0 aliphatic heterocycles. The molecule has 0 saturated carbocycles. The van der Waals surface area contributed by atoms with Gasteiger partial charge in [-0.05, 0) is 36.5 Å². The van der Waals surface area contributed by atoms with Gasteiger partial charge in [-0.25, -0.2) is 4.39 Å². The zero-order valence-electron chi connectivity index (χ0n) is 8.11. The number of hydrogen-bond donors (Lipinski definition) is 0. The lowest BCUT2D eigenvalue weighted by Crippen LogP contribution is -1.89. The Labute approximate surface area is 83.0 Å². The lowest BCUT2D eigenvalue weighted by Gasteiger charge is -2.00. The summed E-state index contributed by atoms with van der Waals surface area (Å²) < 4.78 is 24.8. The normalized spacial score (nSPS) is 9.36. The highest BCUT2D eigenvalue weighted by Crippen LogP contribution is 2.11. The molecule has 0 bridgehead atoms. The zero-order chi connectivity index (χ0) is 10.4. The van der Waals surface area contributed by atoms with Crippen LogP contribution < -0.4 is 0 Å². The average molecular weight is 194 g/mol. The molecule has 14 heavy (non-hydrogen) atoms. The summed E-state index contributed by atoms with van der Waals surface area (Å²) in [5.74, 6) is 1.63. The Balaban J connectivity index is 2.81. The van der Waals surface area contributed by atoms with Crippen molar-refractivity contribution >= 4 is 0 Å². The lowest BCUT2D eigenvalue weighted by atomic mass is 10.1. The molecule has 74 valence electrons. The van der Waals surface area contributed by atoms with Crippen LogP contribution in [0.25, 0.3) is 0 Å². The third-order valence-corrected chi connectivity index (χ3v) is 2.03. The molecule has 0 spiro atoms. The van der Waals surface area contributed by atoms with Crippen LogP contribution in [-0.2, 0) is 6.42 Å². The molecule has 0 atom stereocenters. The average Bonchev–Trinajstić information content (AvgIpc) is 2.19. The Hall–Kier alpha value is -1.36. The van der Waals surface area contributed by atoms with Gasteiger partial charge in [-0.15, -0.1) is 4.39 Å². The summed E-state index contributed by atoms with van der Waals surface area (Å²) in [5, 5.41) is 0. The summed E-state index contributed by atoms with van der Waals surface area (Å²) in [4.78, 5) is 0. The number of benzene rings is 1. The second-order valence-corrected chi connectivity index (χ2v) is 3.14. The maximum atomic E-state index is 13.2. The summed E-state index contributed by atoms with van der Waals surface area (Å²) >= 11 is 0. The first-order valence-corrected chi connectivity index (χ1v) is 4.68. The van der Waals surface area contributed by atoms with Crippen LogP contribution in [0.1, 0.15) is 30.9 Å². The number of hydrogen-bond acceptors (Lipinski definition) is 0. The molecule has 0 heterocycles. The van der Waals surface area contributed by atoms with Gasteiger partial charge in [0.15, 0.2) is 0 Å². The molecule has 0 fully saturated rings. The molecule has 0 unspecified atom stereocenters. The Morgan fingerprint density at radius 2 is 2.14 bits per heavy atom. The fourth-order valence-corrected chi connectivity index (χ4v) is 1.25. The maximum Gasteiger partial charge on any atom is 0.139 e. The van der Waals surface area contributed by atoms with Crippen LogP contribution in [0.15, 0.2) is 18.2 Å². The van der Waals surface area contributed by atoms with Crippen LogP contribution in [0.5, 0.6) is 0 Å². The summed E-state index contributed by atoms with van der Waals surface area (Å²) in [6.07, 6.45) is 4.17. The van der Waals surface area contributed by atoms with Gasteiger partial charge in [0, 0.05) is 0 Å². The van der Waals surface area contributed by atoms with Crippen molar-refractivity contribution in [3.8, 4) is 12.1 Å². The molecule has 1 rings (SSSR count). The van der Waals surface area contributed by atoms with Gasteiger partial charge >= 0.3 is 0 Å². The topological polar surface area (TPSA) is 0 Å². The Bertz CT molecular complexity index is 358. The van der Waals surface area contributed by atoms with Gasteiger partial charge in [0.05, 0.1) is 5.56 Å².